The van der Waals surface area contributed by atoms with Crippen molar-refractivity contribution in [2.75, 3.05) is 4.90 Å². The third-order valence-corrected chi connectivity index (χ3v) is 6.13. The molecule has 1 saturated carbocycles. The zero-order chi connectivity index (χ0) is 21.6. The molecule has 0 bridgehead atoms. The van der Waals surface area contributed by atoms with Gasteiger partial charge in [-0.15, -0.1) is 0 Å². The second-order valence-corrected chi connectivity index (χ2v) is 8.52. The second-order valence-electron chi connectivity index (χ2n) is 7.96. The van der Waals surface area contributed by atoms with Crippen LogP contribution in [0.2, 0.25) is 0 Å². The smallest absolute Gasteiger partial charge is 0.280 e. The minimum Gasteiger partial charge on any atom is -0.351 e. The van der Waals surface area contributed by atoms with E-state index in [1.165, 1.54) is 12.6 Å². The van der Waals surface area contributed by atoms with Crippen molar-refractivity contribution < 1.29 is 9.59 Å². The van der Waals surface area contributed by atoms with E-state index >= 15 is 0 Å². The summed E-state index contributed by atoms with van der Waals surface area (Å²) in [5.41, 5.74) is 2.66. The van der Waals surface area contributed by atoms with Crippen molar-refractivity contribution in [2.45, 2.75) is 51.1 Å². The molecule has 2 aromatic carbocycles. The molecule has 0 radical (unpaired) electrons. The Balaban J connectivity index is 1.77. The summed E-state index contributed by atoms with van der Waals surface area (Å²) in [4.78, 5) is 28.8. The van der Waals surface area contributed by atoms with Gasteiger partial charge < -0.3 is 5.32 Å². The number of benzene rings is 2. The summed E-state index contributed by atoms with van der Waals surface area (Å²) in [6, 6.07) is 16.4. The van der Waals surface area contributed by atoms with Crippen molar-refractivity contribution in [1.29, 1.82) is 0 Å². The molecule has 2 amide bonds. The van der Waals surface area contributed by atoms with Gasteiger partial charge in [0.05, 0.1) is 17.9 Å². The normalized spacial score (nSPS) is 15.3. The molecular formula is C24H26N4O2S. The maximum absolute atomic E-state index is 13.6. The fourth-order valence-corrected chi connectivity index (χ4v) is 4.53. The van der Waals surface area contributed by atoms with Gasteiger partial charge >= 0.3 is 0 Å². The van der Waals surface area contributed by atoms with Gasteiger partial charge in [-0.05, 0) is 43.0 Å². The van der Waals surface area contributed by atoms with Gasteiger partial charge in [0.15, 0.2) is 5.69 Å². The third kappa shape index (κ3) is 4.99. The van der Waals surface area contributed by atoms with E-state index in [0.29, 0.717) is 5.69 Å². The molecule has 0 saturated heterocycles. The van der Waals surface area contributed by atoms with E-state index in [2.05, 4.69) is 14.1 Å². The van der Waals surface area contributed by atoms with Gasteiger partial charge in [-0.2, -0.15) is 8.75 Å². The van der Waals surface area contributed by atoms with Crippen LogP contribution in [0.25, 0.3) is 0 Å². The Hall–Kier alpha value is -3.06. The van der Waals surface area contributed by atoms with Gasteiger partial charge in [0, 0.05) is 11.7 Å². The Morgan fingerprint density at radius 3 is 2.52 bits per heavy atom. The first-order chi connectivity index (χ1) is 15.1. The molecule has 31 heavy (non-hydrogen) atoms. The summed E-state index contributed by atoms with van der Waals surface area (Å²) >= 11 is 0.980. The Bertz CT molecular complexity index is 1020. The van der Waals surface area contributed by atoms with E-state index in [1.807, 2.05) is 61.5 Å². The van der Waals surface area contributed by atoms with Crippen molar-refractivity contribution in [3.8, 4) is 0 Å². The largest absolute Gasteiger partial charge is 0.351 e. The van der Waals surface area contributed by atoms with Crippen molar-refractivity contribution in [1.82, 2.24) is 14.1 Å². The van der Waals surface area contributed by atoms with Crippen LogP contribution in [0.4, 0.5) is 5.69 Å². The van der Waals surface area contributed by atoms with Gasteiger partial charge in [0.2, 0.25) is 5.91 Å². The molecule has 0 aliphatic heterocycles. The number of amides is 2. The number of aromatic nitrogens is 2. The molecule has 1 aliphatic rings. The summed E-state index contributed by atoms with van der Waals surface area (Å²) in [5, 5.41) is 3.22. The minimum atomic E-state index is -0.806. The lowest BCUT2D eigenvalue weighted by molar-refractivity contribution is -0.123. The number of nitrogens with one attached hydrogen (secondary N) is 1. The average Bonchev–Trinajstić information content (AvgIpc) is 3.33. The average molecular weight is 435 g/mol. The van der Waals surface area contributed by atoms with E-state index in [1.54, 1.807) is 4.90 Å². The molecule has 1 aromatic heterocycles. The minimum absolute atomic E-state index is 0.142. The Morgan fingerprint density at radius 2 is 1.84 bits per heavy atom. The number of carbonyl (C=O) groups is 2. The highest BCUT2D eigenvalue weighted by atomic mass is 32.1. The summed E-state index contributed by atoms with van der Waals surface area (Å²) in [7, 11) is 0. The van der Waals surface area contributed by atoms with Crippen LogP contribution in [0.1, 0.15) is 59.8 Å². The lowest BCUT2D eigenvalue weighted by Gasteiger charge is -2.33. The first kappa shape index (κ1) is 21.2. The number of aryl methyl sites for hydroxylation is 1. The molecule has 3 aromatic rings. The number of hydrogen-bond acceptors (Lipinski definition) is 5. The topological polar surface area (TPSA) is 75.2 Å². The van der Waals surface area contributed by atoms with Crippen LogP contribution >= 0.6 is 11.7 Å². The monoisotopic (exact) mass is 434 g/mol. The van der Waals surface area contributed by atoms with Crippen molar-refractivity contribution >= 4 is 29.2 Å². The maximum Gasteiger partial charge on any atom is 0.280 e. The molecule has 4 rings (SSSR count). The highest BCUT2D eigenvalue weighted by molar-refractivity contribution is 6.99. The molecule has 1 fully saturated rings. The third-order valence-electron chi connectivity index (χ3n) is 5.65. The first-order valence-corrected chi connectivity index (χ1v) is 11.4. The molecule has 1 aliphatic carbocycles. The molecule has 1 N–H and O–H groups in total. The van der Waals surface area contributed by atoms with Gasteiger partial charge in [-0.1, -0.05) is 61.7 Å². The maximum atomic E-state index is 13.6. The SMILES string of the molecule is Cc1cccc(N(C(=O)c2cnsn2)C(C(=O)NC2CCCCC2)c2ccccc2)c1. The number of carbonyl (C=O) groups excluding carboxylic acids is 2. The zero-order valence-electron chi connectivity index (χ0n) is 17.5. The van der Waals surface area contributed by atoms with Crippen LogP contribution in [-0.2, 0) is 4.79 Å². The van der Waals surface area contributed by atoms with E-state index < -0.39 is 6.04 Å². The lowest BCUT2D eigenvalue weighted by Crippen LogP contribution is -2.47. The van der Waals surface area contributed by atoms with E-state index in [-0.39, 0.29) is 23.6 Å². The molecule has 1 atom stereocenters. The van der Waals surface area contributed by atoms with Crippen LogP contribution in [0, 0.1) is 6.92 Å². The van der Waals surface area contributed by atoms with Crippen molar-refractivity contribution in [2.24, 2.45) is 0 Å². The van der Waals surface area contributed by atoms with Gasteiger partial charge in [0.25, 0.3) is 5.91 Å². The molecule has 1 heterocycles. The predicted molar refractivity (Wildman–Crippen MR) is 122 cm³/mol. The van der Waals surface area contributed by atoms with E-state index in [4.69, 9.17) is 0 Å². The molecule has 6 nitrogen and oxygen atoms in total. The van der Waals surface area contributed by atoms with Crippen LogP contribution in [-0.4, -0.2) is 26.6 Å². The number of rotatable bonds is 6. The lowest BCUT2D eigenvalue weighted by atomic mass is 9.94. The molecule has 7 heteroatoms. The Labute approximate surface area is 186 Å². The standard InChI is InChI=1S/C24H26N4O2S/c1-17-9-8-14-20(15-17)28(24(30)21-16-25-31-27-21)22(18-10-4-2-5-11-18)23(29)26-19-12-6-3-7-13-19/h2,4-5,8-11,14-16,19,22H,3,6-7,12-13H2,1H3,(H,26,29). The van der Waals surface area contributed by atoms with Crippen LogP contribution in [0.3, 0.4) is 0 Å². The Morgan fingerprint density at radius 1 is 1.06 bits per heavy atom. The second kappa shape index (κ2) is 9.83. The molecule has 1 unspecified atom stereocenters. The number of anilines is 1. The van der Waals surface area contributed by atoms with Crippen LogP contribution < -0.4 is 10.2 Å². The van der Waals surface area contributed by atoms with Gasteiger partial charge in [-0.3, -0.25) is 14.5 Å². The summed E-state index contributed by atoms with van der Waals surface area (Å²) in [6.07, 6.45) is 6.84. The van der Waals surface area contributed by atoms with E-state index in [9.17, 15) is 9.59 Å². The number of nitrogens with zero attached hydrogens (tertiary/aromatic N) is 3. The van der Waals surface area contributed by atoms with Gasteiger partial charge in [-0.25, -0.2) is 0 Å². The summed E-state index contributed by atoms with van der Waals surface area (Å²) in [5.74, 6) is -0.511. The molecular weight excluding hydrogens is 408 g/mol. The highest BCUT2D eigenvalue weighted by Crippen LogP contribution is 2.31. The van der Waals surface area contributed by atoms with Gasteiger partial charge in [0.1, 0.15) is 6.04 Å². The molecule has 0 spiro atoms. The fourth-order valence-electron chi connectivity index (χ4n) is 4.12. The fraction of sp³-hybridized carbons (Fsp3) is 0.333. The van der Waals surface area contributed by atoms with Crippen molar-refractivity contribution in [3.63, 3.8) is 0 Å². The highest BCUT2D eigenvalue weighted by Gasteiger charge is 2.35. The summed E-state index contributed by atoms with van der Waals surface area (Å²) < 4.78 is 8.13. The van der Waals surface area contributed by atoms with Crippen LogP contribution in [0.15, 0.2) is 60.8 Å². The quantitative estimate of drug-likeness (QED) is 0.611. The first-order valence-electron chi connectivity index (χ1n) is 10.7. The Kier molecular flexibility index (Phi) is 6.72. The number of hydrogen-bond donors (Lipinski definition) is 1. The zero-order valence-corrected chi connectivity index (χ0v) is 18.3. The predicted octanol–water partition coefficient (Wildman–Crippen LogP) is 4.68. The van der Waals surface area contributed by atoms with Crippen LogP contribution in [0.5, 0.6) is 0 Å². The summed E-state index contributed by atoms with van der Waals surface area (Å²) in [6.45, 7) is 1.97. The van der Waals surface area contributed by atoms with E-state index in [0.717, 1.165) is 48.5 Å². The molecule has 160 valence electrons. The van der Waals surface area contributed by atoms with Crippen molar-refractivity contribution in [3.05, 3.63) is 77.6 Å².